The number of anilines is 2. The topological polar surface area (TPSA) is 80.3 Å². The van der Waals surface area contributed by atoms with Crippen LogP contribution < -0.4 is 15.4 Å². The molecule has 0 fully saturated rings. The molecule has 1 heterocycles. The Labute approximate surface area is 177 Å². The lowest BCUT2D eigenvalue weighted by molar-refractivity contribution is -0.114. The molecule has 0 unspecified atom stereocenters. The van der Waals surface area contributed by atoms with E-state index in [0.717, 1.165) is 16.3 Å². The molecule has 0 saturated carbocycles. The Morgan fingerprint density at radius 2 is 1.79 bits per heavy atom. The van der Waals surface area contributed by atoms with Gasteiger partial charge in [0.1, 0.15) is 16.5 Å². The van der Waals surface area contributed by atoms with Crippen LogP contribution in [0.2, 0.25) is 5.02 Å². The lowest BCUT2D eigenvalue weighted by atomic mass is 10.2. The maximum Gasteiger partial charge on any atom is 0.275 e. The van der Waals surface area contributed by atoms with Gasteiger partial charge in [0.15, 0.2) is 0 Å². The van der Waals surface area contributed by atoms with Gasteiger partial charge in [0.2, 0.25) is 5.91 Å². The molecule has 0 bridgehead atoms. The van der Waals surface area contributed by atoms with Crippen LogP contribution in [0.5, 0.6) is 5.75 Å². The Kier molecular flexibility index (Phi) is 6.51. The van der Waals surface area contributed by atoms with E-state index >= 15 is 0 Å². The number of rotatable bonds is 6. The van der Waals surface area contributed by atoms with Crippen molar-refractivity contribution in [3.05, 3.63) is 58.6 Å². The molecule has 8 heteroatoms. The quantitative estimate of drug-likeness (QED) is 0.545. The second-order valence-electron chi connectivity index (χ2n) is 6.55. The molecule has 0 atom stereocenters. The number of hydrogen-bond acceptors (Lipinski definition) is 5. The highest BCUT2D eigenvalue weighted by atomic mass is 35.5. The molecule has 2 amide bonds. The van der Waals surface area contributed by atoms with Crippen molar-refractivity contribution in [2.75, 3.05) is 10.6 Å². The zero-order valence-electron chi connectivity index (χ0n) is 16.2. The summed E-state index contributed by atoms with van der Waals surface area (Å²) < 4.78 is 5.64. The Balaban J connectivity index is 1.75. The molecule has 0 radical (unpaired) electrons. The fraction of sp³-hybridized carbons (Fsp3) is 0.190. The van der Waals surface area contributed by atoms with Gasteiger partial charge in [-0.2, -0.15) is 0 Å². The third-order valence-corrected chi connectivity index (χ3v) is 4.88. The number of thiazole rings is 1. The van der Waals surface area contributed by atoms with Gasteiger partial charge in [0.05, 0.1) is 17.5 Å². The third kappa shape index (κ3) is 5.56. The molecule has 0 aliphatic carbocycles. The van der Waals surface area contributed by atoms with Crippen molar-refractivity contribution in [2.45, 2.75) is 26.9 Å². The first-order valence-electron chi connectivity index (χ1n) is 8.93. The van der Waals surface area contributed by atoms with E-state index in [1.54, 1.807) is 23.6 Å². The summed E-state index contributed by atoms with van der Waals surface area (Å²) in [6.45, 7) is 5.33. The minimum Gasteiger partial charge on any atom is -0.491 e. The molecule has 0 aliphatic heterocycles. The van der Waals surface area contributed by atoms with Gasteiger partial charge in [-0.1, -0.05) is 11.6 Å². The van der Waals surface area contributed by atoms with Gasteiger partial charge in [-0.3, -0.25) is 9.59 Å². The van der Waals surface area contributed by atoms with Crippen molar-refractivity contribution in [2.24, 2.45) is 0 Å². The van der Waals surface area contributed by atoms with Crippen LogP contribution in [0, 0.1) is 0 Å². The van der Waals surface area contributed by atoms with Crippen LogP contribution >= 0.6 is 22.9 Å². The molecule has 3 aromatic rings. The molecule has 3 rings (SSSR count). The Morgan fingerprint density at radius 1 is 1.07 bits per heavy atom. The monoisotopic (exact) mass is 429 g/mol. The molecule has 0 saturated heterocycles. The van der Waals surface area contributed by atoms with Gasteiger partial charge in [0.25, 0.3) is 5.91 Å². The molecule has 29 heavy (non-hydrogen) atoms. The number of amides is 2. The second-order valence-corrected chi connectivity index (χ2v) is 7.85. The highest BCUT2D eigenvalue weighted by Crippen LogP contribution is 2.28. The lowest BCUT2D eigenvalue weighted by Gasteiger charge is -2.11. The maximum atomic E-state index is 12.6. The Hall–Kier alpha value is -2.90. The van der Waals surface area contributed by atoms with Crippen LogP contribution in [-0.2, 0) is 4.79 Å². The summed E-state index contributed by atoms with van der Waals surface area (Å²) in [6, 6.07) is 12.4. The fourth-order valence-electron chi connectivity index (χ4n) is 2.56. The van der Waals surface area contributed by atoms with Crippen molar-refractivity contribution >= 4 is 46.1 Å². The molecular weight excluding hydrogens is 410 g/mol. The summed E-state index contributed by atoms with van der Waals surface area (Å²) in [5.41, 5.74) is 2.06. The van der Waals surface area contributed by atoms with E-state index in [2.05, 4.69) is 15.6 Å². The molecule has 2 N–H and O–H groups in total. The van der Waals surface area contributed by atoms with E-state index < -0.39 is 0 Å². The molecule has 0 aliphatic rings. The highest BCUT2D eigenvalue weighted by molar-refractivity contribution is 7.13. The number of nitrogens with one attached hydrogen (secondary N) is 2. The summed E-state index contributed by atoms with van der Waals surface area (Å²) in [6.07, 6.45) is 0.103. The van der Waals surface area contributed by atoms with Crippen LogP contribution in [-0.4, -0.2) is 22.9 Å². The summed E-state index contributed by atoms with van der Waals surface area (Å²) >= 11 is 7.36. The number of halogens is 1. The summed E-state index contributed by atoms with van der Waals surface area (Å²) in [5, 5.41) is 8.29. The normalized spacial score (nSPS) is 10.7. The van der Waals surface area contributed by atoms with Crippen molar-refractivity contribution in [3.8, 4) is 16.3 Å². The summed E-state index contributed by atoms with van der Waals surface area (Å²) in [7, 11) is 0. The first-order valence-corrected chi connectivity index (χ1v) is 10.2. The molecule has 0 spiro atoms. The predicted molar refractivity (Wildman–Crippen MR) is 117 cm³/mol. The van der Waals surface area contributed by atoms with Crippen LogP contribution in [0.25, 0.3) is 10.6 Å². The number of ether oxygens (including phenoxy) is 1. The predicted octanol–water partition coefficient (Wildman–Crippen LogP) is 5.46. The van der Waals surface area contributed by atoms with Gasteiger partial charge in [0, 0.05) is 22.9 Å². The minimum absolute atomic E-state index is 0.103. The molecule has 6 nitrogen and oxygen atoms in total. The molecular formula is C21H20ClN3O3S. The Morgan fingerprint density at radius 3 is 2.45 bits per heavy atom. The van der Waals surface area contributed by atoms with Gasteiger partial charge in [-0.25, -0.2) is 4.98 Å². The van der Waals surface area contributed by atoms with Crippen molar-refractivity contribution < 1.29 is 14.3 Å². The van der Waals surface area contributed by atoms with E-state index in [1.165, 1.54) is 18.3 Å². The third-order valence-electron chi connectivity index (χ3n) is 3.75. The zero-order chi connectivity index (χ0) is 21.0. The van der Waals surface area contributed by atoms with Gasteiger partial charge < -0.3 is 15.4 Å². The number of carbonyl (C=O) groups excluding carboxylic acids is 2. The molecule has 2 aromatic carbocycles. The largest absolute Gasteiger partial charge is 0.491 e. The second kappa shape index (κ2) is 9.07. The zero-order valence-corrected chi connectivity index (χ0v) is 17.7. The fourth-order valence-corrected chi connectivity index (χ4v) is 3.54. The average Bonchev–Trinajstić information content (AvgIpc) is 3.14. The molecule has 150 valence electrons. The molecule has 1 aromatic heterocycles. The number of carbonyl (C=O) groups is 2. The number of hydrogen-bond donors (Lipinski definition) is 2. The summed E-state index contributed by atoms with van der Waals surface area (Å²) in [5.74, 6) is 0.149. The van der Waals surface area contributed by atoms with E-state index in [4.69, 9.17) is 16.3 Å². The van der Waals surface area contributed by atoms with Gasteiger partial charge in [-0.05, 0) is 56.3 Å². The SMILES string of the molecule is CC(=O)Nc1cc(Cl)ccc1NC(=O)c1csc(-c2ccc(OC(C)C)cc2)n1. The van der Waals surface area contributed by atoms with Gasteiger partial charge in [-0.15, -0.1) is 11.3 Å². The standard InChI is InChI=1S/C21H20ClN3O3S/c1-12(2)28-16-7-4-14(5-8-16)21-25-19(11-29-21)20(27)24-17-9-6-15(22)10-18(17)23-13(3)26/h4-12H,1-3H3,(H,23,26)(H,24,27). The van der Waals surface area contributed by atoms with Crippen molar-refractivity contribution in [1.82, 2.24) is 4.98 Å². The Bertz CT molecular complexity index is 1030. The van der Waals surface area contributed by atoms with E-state index in [9.17, 15) is 9.59 Å². The van der Waals surface area contributed by atoms with Crippen LogP contribution in [0.1, 0.15) is 31.3 Å². The van der Waals surface area contributed by atoms with Crippen LogP contribution in [0.3, 0.4) is 0 Å². The maximum absolute atomic E-state index is 12.6. The van der Waals surface area contributed by atoms with Crippen LogP contribution in [0.4, 0.5) is 11.4 Å². The smallest absolute Gasteiger partial charge is 0.275 e. The first-order chi connectivity index (χ1) is 13.8. The van der Waals surface area contributed by atoms with Gasteiger partial charge >= 0.3 is 0 Å². The van der Waals surface area contributed by atoms with E-state index in [-0.39, 0.29) is 23.6 Å². The number of aromatic nitrogens is 1. The highest BCUT2D eigenvalue weighted by Gasteiger charge is 2.15. The minimum atomic E-state index is -0.374. The van der Waals surface area contributed by atoms with E-state index in [1.807, 2.05) is 38.1 Å². The lowest BCUT2D eigenvalue weighted by Crippen LogP contribution is -2.15. The van der Waals surface area contributed by atoms with Crippen LogP contribution in [0.15, 0.2) is 47.8 Å². The number of benzene rings is 2. The average molecular weight is 430 g/mol. The van der Waals surface area contributed by atoms with E-state index in [0.29, 0.717) is 16.4 Å². The van der Waals surface area contributed by atoms with Crippen molar-refractivity contribution in [3.63, 3.8) is 0 Å². The summed E-state index contributed by atoms with van der Waals surface area (Å²) in [4.78, 5) is 28.4. The first kappa shape index (κ1) is 20.8. The number of nitrogens with zero attached hydrogens (tertiary/aromatic N) is 1. The van der Waals surface area contributed by atoms with Crippen molar-refractivity contribution in [1.29, 1.82) is 0 Å².